The molecule has 0 fully saturated rings. The van der Waals surface area contributed by atoms with Gasteiger partial charge in [0, 0.05) is 6.42 Å². The zero-order valence-electron chi connectivity index (χ0n) is 49.1. The van der Waals surface area contributed by atoms with Gasteiger partial charge in [0.25, 0.3) is 0 Å². The third-order valence-corrected chi connectivity index (χ3v) is 14.6. The first-order valence-electron chi connectivity index (χ1n) is 31.0. The molecule has 0 saturated carbocycles. The summed E-state index contributed by atoms with van der Waals surface area (Å²) in [6, 6.07) is -0.863. The fraction of sp³-hybridized carbons (Fsp3) is 0.769. The fourth-order valence-electron chi connectivity index (χ4n) is 8.79. The number of carbonyl (C=O) groups excluding carboxylic acids is 1. The first-order chi connectivity index (χ1) is 36.0. The van der Waals surface area contributed by atoms with Crippen LogP contribution in [0.3, 0.4) is 0 Å². The zero-order valence-corrected chi connectivity index (χ0v) is 50.0. The highest BCUT2D eigenvalue weighted by molar-refractivity contribution is 7.47. The van der Waals surface area contributed by atoms with E-state index in [1.54, 1.807) is 6.08 Å². The molecule has 430 valence electrons. The summed E-state index contributed by atoms with van der Waals surface area (Å²) >= 11 is 0. The molecule has 0 aromatic carbocycles. The van der Waals surface area contributed by atoms with Crippen LogP contribution in [-0.4, -0.2) is 73.4 Å². The summed E-state index contributed by atoms with van der Waals surface area (Å²) in [6.07, 6.45) is 78.8. The Morgan fingerprint density at radius 3 is 1.24 bits per heavy atom. The molecule has 0 saturated heterocycles. The lowest BCUT2D eigenvalue weighted by atomic mass is 10.0. The minimum absolute atomic E-state index is 0.0555. The molecule has 0 aliphatic heterocycles. The lowest BCUT2D eigenvalue weighted by molar-refractivity contribution is -0.870. The highest BCUT2D eigenvalue weighted by Gasteiger charge is 2.27. The standard InChI is InChI=1S/C65H119N2O6P/c1-6-8-10-12-14-16-18-19-20-21-22-23-24-25-26-27-28-29-30-31-32-33-34-35-36-37-38-39-40-41-42-43-44-45-46-47-49-51-53-55-57-59-65(69)66-63(62-73-74(70,71)72-61-60-67(3,4)5)64(68)58-56-54-52-50-48-17-15-13-11-9-7-2/h8,10,14,16,19-20,22-23,25-26,48,50,56,58,63-64,68H,6-7,9,11-13,15,17-18,21,24,27-47,49,51-55,57,59-62H2,1-5H3,(H-,66,69,70,71)/p+1/b10-8-,16-14-,20-19-,23-22-,26-25-,50-48+,58-56+. The van der Waals surface area contributed by atoms with E-state index in [0.29, 0.717) is 17.4 Å². The number of aliphatic hydroxyl groups is 1. The van der Waals surface area contributed by atoms with Gasteiger partial charge in [-0.3, -0.25) is 13.8 Å². The van der Waals surface area contributed by atoms with Crippen molar-refractivity contribution in [3.63, 3.8) is 0 Å². The van der Waals surface area contributed by atoms with Gasteiger partial charge in [-0.1, -0.05) is 272 Å². The van der Waals surface area contributed by atoms with Gasteiger partial charge in [-0.15, -0.1) is 0 Å². The van der Waals surface area contributed by atoms with Crippen molar-refractivity contribution < 1.29 is 32.9 Å². The first-order valence-corrected chi connectivity index (χ1v) is 32.5. The lowest BCUT2D eigenvalue weighted by Gasteiger charge is -2.25. The number of nitrogens with one attached hydrogen (secondary N) is 1. The van der Waals surface area contributed by atoms with Gasteiger partial charge in [0.05, 0.1) is 39.9 Å². The summed E-state index contributed by atoms with van der Waals surface area (Å²) in [5.41, 5.74) is 0. The second-order valence-electron chi connectivity index (χ2n) is 22.0. The van der Waals surface area contributed by atoms with Gasteiger partial charge in [-0.05, 0) is 77.0 Å². The van der Waals surface area contributed by atoms with Crippen molar-refractivity contribution in [1.29, 1.82) is 0 Å². The Bertz CT molecular complexity index is 1480. The molecule has 3 N–H and O–H groups in total. The van der Waals surface area contributed by atoms with E-state index < -0.39 is 20.0 Å². The van der Waals surface area contributed by atoms with Gasteiger partial charge >= 0.3 is 7.82 Å². The Balaban J connectivity index is 3.85. The van der Waals surface area contributed by atoms with E-state index in [-0.39, 0.29) is 19.1 Å². The molecule has 1 amide bonds. The van der Waals surface area contributed by atoms with Crippen molar-refractivity contribution in [2.24, 2.45) is 0 Å². The SMILES string of the molecule is CC/C=C\C/C=C\C/C=C\C/C=C\C/C=C\CCCCCCCCCCCCCCCCCCCCCCCCCCCC(=O)NC(COP(=O)(O)OCC[N+](C)(C)C)C(O)/C=C/CC/C=C/CCCCCCC. The summed E-state index contributed by atoms with van der Waals surface area (Å²) in [7, 11) is 1.56. The summed E-state index contributed by atoms with van der Waals surface area (Å²) < 4.78 is 23.6. The quantitative estimate of drug-likeness (QED) is 0.0243. The molecule has 0 heterocycles. The average molecular weight is 1060 g/mol. The molecule has 8 nitrogen and oxygen atoms in total. The molecule has 3 atom stereocenters. The van der Waals surface area contributed by atoms with E-state index in [2.05, 4.69) is 92.1 Å². The number of quaternary nitrogens is 1. The van der Waals surface area contributed by atoms with Crippen molar-refractivity contribution in [1.82, 2.24) is 5.32 Å². The minimum atomic E-state index is -4.35. The molecule has 0 aromatic heterocycles. The van der Waals surface area contributed by atoms with Crippen LogP contribution in [0, 0.1) is 0 Å². The lowest BCUT2D eigenvalue weighted by Crippen LogP contribution is -2.45. The minimum Gasteiger partial charge on any atom is -0.387 e. The monoisotopic (exact) mass is 1060 g/mol. The summed E-state index contributed by atoms with van der Waals surface area (Å²) in [4.78, 5) is 23.2. The number of nitrogens with zero attached hydrogens (tertiary/aromatic N) is 1. The van der Waals surface area contributed by atoms with Crippen molar-refractivity contribution in [2.75, 3.05) is 40.9 Å². The van der Waals surface area contributed by atoms with Crippen LogP contribution in [0.1, 0.15) is 271 Å². The Labute approximate surface area is 458 Å². The first kappa shape index (κ1) is 71.7. The molecular formula is C65H120N2O6P+. The largest absolute Gasteiger partial charge is 0.472 e. The van der Waals surface area contributed by atoms with E-state index in [0.717, 1.165) is 70.6 Å². The number of hydrogen-bond acceptors (Lipinski definition) is 5. The van der Waals surface area contributed by atoms with Crippen LogP contribution in [-0.2, 0) is 18.4 Å². The van der Waals surface area contributed by atoms with Gasteiger partial charge in [0.1, 0.15) is 13.2 Å². The number of allylic oxidation sites excluding steroid dienone is 13. The van der Waals surface area contributed by atoms with E-state index in [4.69, 9.17) is 9.05 Å². The van der Waals surface area contributed by atoms with Crippen LogP contribution < -0.4 is 5.32 Å². The van der Waals surface area contributed by atoms with Gasteiger partial charge in [0.15, 0.2) is 0 Å². The van der Waals surface area contributed by atoms with Crippen molar-refractivity contribution >= 4 is 13.7 Å². The van der Waals surface area contributed by atoms with E-state index in [1.165, 1.54) is 180 Å². The number of aliphatic hydroxyl groups excluding tert-OH is 1. The van der Waals surface area contributed by atoms with Gasteiger partial charge < -0.3 is 19.8 Å². The molecule has 0 bridgehead atoms. The molecule has 0 rings (SSSR count). The van der Waals surface area contributed by atoms with Crippen LogP contribution in [0.2, 0.25) is 0 Å². The summed E-state index contributed by atoms with van der Waals surface area (Å²) in [6.45, 7) is 4.66. The highest BCUT2D eigenvalue weighted by Crippen LogP contribution is 2.43. The number of amides is 1. The van der Waals surface area contributed by atoms with E-state index in [9.17, 15) is 19.4 Å². The predicted octanol–water partition coefficient (Wildman–Crippen LogP) is 19.2. The molecule has 0 aliphatic carbocycles. The molecule has 0 aliphatic rings. The maximum absolute atomic E-state index is 12.9. The second kappa shape index (κ2) is 55.4. The summed E-state index contributed by atoms with van der Waals surface area (Å²) in [5, 5.41) is 13.8. The average Bonchev–Trinajstić information content (AvgIpc) is 3.36. The van der Waals surface area contributed by atoms with Gasteiger partial charge in [-0.25, -0.2) is 4.57 Å². The van der Waals surface area contributed by atoms with Gasteiger partial charge in [-0.2, -0.15) is 0 Å². The molecule has 0 aromatic rings. The van der Waals surface area contributed by atoms with Gasteiger partial charge in [0.2, 0.25) is 5.91 Å². The number of hydrogen-bond donors (Lipinski definition) is 3. The van der Waals surface area contributed by atoms with Crippen molar-refractivity contribution in [2.45, 2.75) is 283 Å². The molecule has 9 heteroatoms. The van der Waals surface area contributed by atoms with Crippen LogP contribution >= 0.6 is 7.82 Å². The van der Waals surface area contributed by atoms with Crippen molar-refractivity contribution in [3.05, 3.63) is 85.1 Å². The van der Waals surface area contributed by atoms with Crippen LogP contribution in [0.5, 0.6) is 0 Å². The number of rotatable bonds is 56. The smallest absolute Gasteiger partial charge is 0.387 e. The number of likely N-dealkylation sites (N-methyl/N-ethyl adjacent to an activating group) is 1. The number of unbranched alkanes of at least 4 members (excludes halogenated alkanes) is 31. The molecule has 0 radical (unpaired) electrons. The molecule has 74 heavy (non-hydrogen) atoms. The topological polar surface area (TPSA) is 105 Å². The Hall–Kier alpha value is -2.32. The van der Waals surface area contributed by atoms with Crippen LogP contribution in [0.4, 0.5) is 0 Å². The molecule has 3 unspecified atom stereocenters. The molecule has 0 spiro atoms. The Kier molecular flexibility index (Phi) is 53.7. The number of phosphoric acid groups is 1. The fourth-order valence-corrected chi connectivity index (χ4v) is 9.53. The Morgan fingerprint density at radius 1 is 0.473 bits per heavy atom. The van der Waals surface area contributed by atoms with E-state index in [1.807, 2.05) is 27.2 Å². The number of carbonyl (C=O) groups is 1. The van der Waals surface area contributed by atoms with Crippen LogP contribution in [0.15, 0.2) is 85.1 Å². The third kappa shape index (κ3) is 57.4. The predicted molar refractivity (Wildman–Crippen MR) is 323 cm³/mol. The Morgan fingerprint density at radius 2 is 0.824 bits per heavy atom. The maximum Gasteiger partial charge on any atom is 0.472 e. The maximum atomic E-state index is 12.9. The van der Waals surface area contributed by atoms with E-state index >= 15 is 0 Å². The van der Waals surface area contributed by atoms with Crippen molar-refractivity contribution in [3.8, 4) is 0 Å². The second-order valence-corrected chi connectivity index (χ2v) is 23.5. The third-order valence-electron chi connectivity index (χ3n) is 13.6. The normalized spacial score (nSPS) is 14.4. The number of phosphoric ester groups is 1. The van der Waals surface area contributed by atoms with Crippen LogP contribution in [0.25, 0.3) is 0 Å². The highest BCUT2D eigenvalue weighted by atomic mass is 31.2. The molecular weight excluding hydrogens is 936 g/mol. The zero-order chi connectivity index (χ0) is 54.2. The summed E-state index contributed by atoms with van der Waals surface area (Å²) in [5.74, 6) is -0.186.